The molecule has 1 aliphatic heterocycles. The third-order valence-corrected chi connectivity index (χ3v) is 5.60. The smallest absolute Gasteiger partial charge is 0.345 e. The molecule has 2 aromatic rings. The number of nitrogens with zero attached hydrogens (tertiary/aromatic N) is 5. The average Bonchev–Trinajstić information content (AvgIpc) is 3.29. The molecular formula is C19H32IN7OS. The minimum absolute atomic E-state index is 0. The van der Waals surface area contributed by atoms with Crippen LogP contribution in [0.15, 0.2) is 15.2 Å². The van der Waals surface area contributed by atoms with Crippen molar-refractivity contribution in [1.82, 2.24) is 30.0 Å². The van der Waals surface area contributed by atoms with Crippen LogP contribution in [0.5, 0.6) is 0 Å². The van der Waals surface area contributed by atoms with Gasteiger partial charge in [-0.05, 0) is 32.1 Å². The van der Waals surface area contributed by atoms with E-state index in [2.05, 4.69) is 44.9 Å². The average molecular weight is 533 g/mol. The Morgan fingerprint density at radius 3 is 2.86 bits per heavy atom. The van der Waals surface area contributed by atoms with Crippen LogP contribution in [0.4, 0.5) is 0 Å². The van der Waals surface area contributed by atoms with Gasteiger partial charge in [0.05, 0.1) is 12.2 Å². The molecule has 0 aromatic carbocycles. The molecule has 8 nitrogen and oxygen atoms in total. The Labute approximate surface area is 193 Å². The van der Waals surface area contributed by atoms with E-state index in [1.807, 2.05) is 11.5 Å². The van der Waals surface area contributed by atoms with Crippen LogP contribution in [0.1, 0.15) is 62.5 Å². The van der Waals surface area contributed by atoms with Crippen LogP contribution < -0.4 is 16.3 Å². The number of guanidine groups is 1. The maximum atomic E-state index is 12.4. The number of aromatic nitrogens is 4. The number of fused-ring (bicyclic) bond motifs is 1. The second-order valence-corrected chi connectivity index (χ2v) is 8.27. The number of aryl methyl sites for hydroxylation is 2. The van der Waals surface area contributed by atoms with Crippen molar-refractivity contribution in [3.63, 3.8) is 0 Å². The number of halogens is 1. The first-order valence-corrected chi connectivity index (χ1v) is 11.1. The maximum Gasteiger partial charge on any atom is 0.345 e. The lowest BCUT2D eigenvalue weighted by Gasteiger charge is -2.10. The number of thiazole rings is 1. The van der Waals surface area contributed by atoms with Crippen molar-refractivity contribution in [2.24, 2.45) is 4.99 Å². The van der Waals surface area contributed by atoms with Crippen LogP contribution in [-0.2, 0) is 26.1 Å². The van der Waals surface area contributed by atoms with Crippen LogP contribution in [-0.4, -0.2) is 38.4 Å². The lowest BCUT2D eigenvalue weighted by atomic mass is 10.2. The first-order valence-electron chi connectivity index (χ1n) is 10.2. The van der Waals surface area contributed by atoms with E-state index in [1.165, 1.54) is 0 Å². The van der Waals surface area contributed by atoms with Gasteiger partial charge in [-0.1, -0.05) is 13.8 Å². The van der Waals surface area contributed by atoms with Crippen molar-refractivity contribution < 1.29 is 0 Å². The standard InChI is InChI=1S/C19H31N7OS.HI/c1-4-20-18(22-12-17-23-15(13-28-17)14(2)3)21-9-7-11-26-19(27)25-10-6-5-8-16(25)24-26;/h13-14H,4-12H2,1-3H3,(H2,20,21,22);1H. The molecule has 0 fully saturated rings. The molecule has 0 unspecified atom stereocenters. The van der Waals surface area contributed by atoms with Gasteiger partial charge in [0.15, 0.2) is 5.96 Å². The van der Waals surface area contributed by atoms with Crippen LogP contribution >= 0.6 is 35.3 Å². The van der Waals surface area contributed by atoms with Gasteiger partial charge in [-0.3, -0.25) is 4.57 Å². The van der Waals surface area contributed by atoms with Crippen molar-refractivity contribution in [3.05, 3.63) is 32.4 Å². The molecule has 10 heteroatoms. The zero-order chi connectivity index (χ0) is 19.9. The van der Waals surface area contributed by atoms with E-state index in [1.54, 1.807) is 16.0 Å². The molecule has 29 heavy (non-hydrogen) atoms. The lowest BCUT2D eigenvalue weighted by Crippen LogP contribution is -2.38. The van der Waals surface area contributed by atoms with Crippen molar-refractivity contribution in [1.29, 1.82) is 0 Å². The summed E-state index contributed by atoms with van der Waals surface area (Å²) < 4.78 is 3.43. The summed E-state index contributed by atoms with van der Waals surface area (Å²) in [6, 6.07) is 0. The van der Waals surface area contributed by atoms with Gasteiger partial charge in [-0.2, -0.15) is 5.10 Å². The van der Waals surface area contributed by atoms with Gasteiger partial charge in [-0.15, -0.1) is 35.3 Å². The van der Waals surface area contributed by atoms with E-state index in [-0.39, 0.29) is 29.7 Å². The Balaban J connectivity index is 0.00000300. The van der Waals surface area contributed by atoms with Gasteiger partial charge in [0.25, 0.3) is 0 Å². The number of rotatable bonds is 8. The summed E-state index contributed by atoms with van der Waals surface area (Å²) in [5.41, 5.74) is 1.15. The van der Waals surface area contributed by atoms with Crippen molar-refractivity contribution in [3.8, 4) is 0 Å². The van der Waals surface area contributed by atoms with Gasteiger partial charge in [0.1, 0.15) is 10.8 Å². The molecule has 1 aliphatic rings. The Kier molecular flexibility index (Phi) is 9.60. The first kappa shape index (κ1) is 23.8. The Morgan fingerprint density at radius 1 is 1.34 bits per heavy atom. The number of hydrogen-bond acceptors (Lipinski definition) is 5. The highest BCUT2D eigenvalue weighted by atomic mass is 127. The number of aliphatic imine (C=N–C) groups is 1. The van der Waals surface area contributed by atoms with Gasteiger partial charge < -0.3 is 10.6 Å². The highest BCUT2D eigenvalue weighted by Gasteiger charge is 2.16. The van der Waals surface area contributed by atoms with Gasteiger partial charge >= 0.3 is 5.69 Å². The van der Waals surface area contributed by atoms with Crippen LogP contribution in [0, 0.1) is 0 Å². The summed E-state index contributed by atoms with van der Waals surface area (Å²) in [7, 11) is 0. The topological polar surface area (TPSA) is 89.1 Å². The van der Waals surface area contributed by atoms with Gasteiger partial charge in [0.2, 0.25) is 0 Å². The van der Waals surface area contributed by atoms with E-state index in [0.29, 0.717) is 19.0 Å². The van der Waals surface area contributed by atoms with Crippen molar-refractivity contribution >= 4 is 41.3 Å². The van der Waals surface area contributed by atoms with Crippen LogP contribution in [0.2, 0.25) is 0 Å². The van der Waals surface area contributed by atoms with E-state index < -0.39 is 0 Å². The largest absolute Gasteiger partial charge is 0.357 e. The van der Waals surface area contributed by atoms with E-state index in [9.17, 15) is 4.79 Å². The monoisotopic (exact) mass is 533 g/mol. The first-order chi connectivity index (χ1) is 13.6. The van der Waals surface area contributed by atoms with Crippen molar-refractivity contribution in [2.75, 3.05) is 13.1 Å². The lowest BCUT2D eigenvalue weighted by molar-refractivity contribution is 0.509. The molecular weight excluding hydrogens is 501 g/mol. The van der Waals surface area contributed by atoms with Gasteiger partial charge in [-0.25, -0.2) is 19.5 Å². The SMILES string of the molecule is CCNC(=NCc1nc(C(C)C)cs1)NCCCn1nc2n(c1=O)CCCC2.I. The molecule has 3 rings (SSSR count). The summed E-state index contributed by atoms with van der Waals surface area (Å²) in [4.78, 5) is 21.6. The molecule has 0 spiro atoms. The highest BCUT2D eigenvalue weighted by Crippen LogP contribution is 2.18. The number of nitrogens with one attached hydrogen (secondary N) is 2. The summed E-state index contributed by atoms with van der Waals surface area (Å²) in [6.07, 6.45) is 3.92. The van der Waals surface area contributed by atoms with E-state index in [0.717, 1.165) is 67.8 Å². The van der Waals surface area contributed by atoms with E-state index in [4.69, 9.17) is 0 Å². The molecule has 0 aliphatic carbocycles. The predicted octanol–water partition coefficient (Wildman–Crippen LogP) is 2.72. The fraction of sp³-hybridized carbons (Fsp3) is 0.684. The zero-order valence-electron chi connectivity index (χ0n) is 17.5. The fourth-order valence-corrected chi connectivity index (χ4v) is 4.06. The maximum absolute atomic E-state index is 12.4. The molecule has 0 amide bonds. The van der Waals surface area contributed by atoms with Crippen molar-refractivity contribution in [2.45, 2.75) is 72.0 Å². The molecule has 0 atom stereocenters. The summed E-state index contributed by atoms with van der Waals surface area (Å²) in [5, 5.41) is 14.2. The molecule has 0 saturated carbocycles. The normalized spacial score (nSPS) is 13.9. The second kappa shape index (κ2) is 11.7. The minimum Gasteiger partial charge on any atom is -0.357 e. The molecule has 0 radical (unpaired) electrons. The van der Waals surface area contributed by atoms with E-state index >= 15 is 0 Å². The summed E-state index contributed by atoms with van der Waals surface area (Å²) in [6.45, 7) is 9.87. The molecule has 2 aromatic heterocycles. The quantitative estimate of drug-likeness (QED) is 0.236. The summed E-state index contributed by atoms with van der Waals surface area (Å²) >= 11 is 1.66. The Bertz CT molecular complexity index is 855. The molecule has 0 bridgehead atoms. The predicted molar refractivity (Wildman–Crippen MR) is 128 cm³/mol. The Hall–Kier alpha value is -1.43. The molecule has 2 N–H and O–H groups in total. The summed E-state index contributed by atoms with van der Waals surface area (Å²) in [5.74, 6) is 2.15. The zero-order valence-corrected chi connectivity index (χ0v) is 20.6. The number of hydrogen-bond donors (Lipinski definition) is 2. The molecule has 3 heterocycles. The third-order valence-electron chi connectivity index (χ3n) is 4.75. The third kappa shape index (κ3) is 6.53. The van der Waals surface area contributed by atoms with Crippen LogP contribution in [0.25, 0.3) is 0 Å². The fourth-order valence-electron chi connectivity index (χ4n) is 3.18. The minimum atomic E-state index is 0. The molecule has 162 valence electrons. The second-order valence-electron chi connectivity index (χ2n) is 7.33. The van der Waals surface area contributed by atoms with Crippen LogP contribution in [0.3, 0.4) is 0 Å². The van der Waals surface area contributed by atoms with Gasteiger partial charge in [0, 0.05) is 38.0 Å². The highest BCUT2D eigenvalue weighted by molar-refractivity contribution is 14.0. The molecule has 0 saturated heterocycles. The Morgan fingerprint density at radius 2 is 2.17 bits per heavy atom.